The average Bonchev–Trinajstić information content (AvgIpc) is 3.00. The van der Waals surface area contributed by atoms with Crippen molar-refractivity contribution in [2.75, 3.05) is 9.80 Å². The molecular formula is C15H8N2O6. The normalized spacial score (nSPS) is 16.9. The predicted molar refractivity (Wildman–Crippen MR) is 76.7 cm³/mol. The standard InChI is InChI=1S/C15H8N2O6/c18-11-3-4-12(19)16(11)8-1-2-9(15(22)23)10(7-8)17-13(20)5-6-14(17)21/h1-7H,(H,22,23). The number of rotatable bonds is 3. The number of aromatic carboxylic acids is 1. The largest absolute Gasteiger partial charge is 0.478 e. The van der Waals surface area contributed by atoms with Crippen LogP contribution in [0.2, 0.25) is 0 Å². The minimum Gasteiger partial charge on any atom is -0.478 e. The van der Waals surface area contributed by atoms with E-state index in [0.717, 1.165) is 41.3 Å². The van der Waals surface area contributed by atoms with E-state index in [1.54, 1.807) is 0 Å². The lowest BCUT2D eigenvalue weighted by Crippen LogP contribution is -2.33. The highest BCUT2D eigenvalue weighted by molar-refractivity contribution is 6.31. The average molecular weight is 312 g/mol. The molecule has 0 bridgehead atoms. The highest BCUT2D eigenvalue weighted by Gasteiger charge is 2.31. The van der Waals surface area contributed by atoms with Crippen LogP contribution in [0.25, 0.3) is 0 Å². The third-order valence-corrected chi connectivity index (χ3v) is 3.33. The summed E-state index contributed by atoms with van der Waals surface area (Å²) >= 11 is 0. The highest BCUT2D eigenvalue weighted by Crippen LogP contribution is 2.30. The van der Waals surface area contributed by atoms with E-state index < -0.39 is 29.6 Å². The zero-order valence-electron chi connectivity index (χ0n) is 11.4. The number of amides is 4. The summed E-state index contributed by atoms with van der Waals surface area (Å²) in [6.45, 7) is 0. The lowest BCUT2D eigenvalue weighted by atomic mass is 10.1. The van der Waals surface area contributed by atoms with Crippen molar-refractivity contribution in [2.24, 2.45) is 0 Å². The predicted octanol–water partition coefficient (Wildman–Crippen LogP) is 0.244. The van der Waals surface area contributed by atoms with Gasteiger partial charge in [0.15, 0.2) is 0 Å². The molecule has 1 N–H and O–H groups in total. The minimum absolute atomic E-state index is 0.0671. The Balaban J connectivity index is 2.13. The molecule has 0 saturated carbocycles. The first kappa shape index (κ1) is 14.4. The summed E-state index contributed by atoms with van der Waals surface area (Å²) in [4.78, 5) is 59.8. The van der Waals surface area contributed by atoms with Gasteiger partial charge in [-0.3, -0.25) is 19.2 Å². The first-order valence-electron chi connectivity index (χ1n) is 6.40. The molecule has 8 heteroatoms. The van der Waals surface area contributed by atoms with E-state index in [4.69, 9.17) is 0 Å². The number of carboxylic acids is 1. The fourth-order valence-electron chi connectivity index (χ4n) is 2.32. The van der Waals surface area contributed by atoms with E-state index in [1.807, 2.05) is 0 Å². The van der Waals surface area contributed by atoms with E-state index in [0.29, 0.717) is 4.90 Å². The number of benzene rings is 1. The van der Waals surface area contributed by atoms with Crippen LogP contribution < -0.4 is 9.80 Å². The maximum absolute atomic E-state index is 11.8. The van der Waals surface area contributed by atoms with Gasteiger partial charge in [-0.05, 0) is 18.2 Å². The Morgan fingerprint density at radius 1 is 0.783 bits per heavy atom. The van der Waals surface area contributed by atoms with Gasteiger partial charge in [0.05, 0.1) is 16.9 Å². The molecule has 2 heterocycles. The summed E-state index contributed by atoms with van der Waals surface area (Å²) in [6, 6.07) is 3.54. The molecule has 0 aliphatic carbocycles. The van der Waals surface area contributed by atoms with E-state index in [9.17, 15) is 29.1 Å². The minimum atomic E-state index is -1.35. The molecule has 2 aliphatic rings. The maximum Gasteiger partial charge on any atom is 0.337 e. The van der Waals surface area contributed by atoms with Gasteiger partial charge in [0.25, 0.3) is 23.6 Å². The fraction of sp³-hybridized carbons (Fsp3) is 0. The Morgan fingerprint density at radius 2 is 1.26 bits per heavy atom. The fourth-order valence-corrected chi connectivity index (χ4v) is 2.32. The van der Waals surface area contributed by atoms with E-state index in [1.165, 1.54) is 6.07 Å². The zero-order valence-corrected chi connectivity index (χ0v) is 11.4. The summed E-state index contributed by atoms with van der Waals surface area (Å²) in [6.07, 6.45) is 4.16. The van der Waals surface area contributed by atoms with Crippen LogP contribution in [0.5, 0.6) is 0 Å². The SMILES string of the molecule is O=C(O)c1ccc(N2C(=O)C=CC2=O)cc1N1C(=O)C=CC1=O. The van der Waals surface area contributed by atoms with Gasteiger partial charge < -0.3 is 5.11 Å². The van der Waals surface area contributed by atoms with Crippen LogP contribution in [-0.4, -0.2) is 34.7 Å². The number of hydrogen-bond donors (Lipinski definition) is 1. The van der Waals surface area contributed by atoms with E-state index >= 15 is 0 Å². The lowest BCUT2D eigenvalue weighted by molar-refractivity contribution is -0.121. The summed E-state index contributed by atoms with van der Waals surface area (Å²) < 4.78 is 0. The van der Waals surface area contributed by atoms with E-state index in [2.05, 4.69) is 0 Å². The third-order valence-electron chi connectivity index (χ3n) is 3.33. The van der Waals surface area contributed by atoms with Crippen LogP contribution in [0.4, 0.5) is 11.4 Å². The van der Waals surface area contributed by atoms with Gasteiger partial charge in [-0.1, -0.05) is 0 Å². The molecule has 0 spiro atoms. The quantitative estimate of drug-likeness (QED) is 0.800. The van der Waals surface area contributed by atoms with Gasteiger partial charge >= 0.3 is 5.97 Å². The molecular weight excluding hydrogens is 304 g/mol. The molecule has 1 aromatic carbocycles. The number of carboxylic acid groups (broad SMARTS) is 1. The first-order valence-corrected chi connectivity index (χ1v) is 6.40. The van der Waals surface area contributed by atoms with Crippen LogP contribution in [0.3, 0.4) is 0 Å². The van der Waals surface area contributed by atoms with Gasteiger partial charge in [0.2, 0.25) is 0 Å². The third kappa shape index (κ3) is 2.22. The summed E-state index contributed by atoms with van der Waals surface area (Å²) in [5, 5.41) is 9.23. The van der Waals surface area contributed by atoms with Crippen molar-refractivity contribution in [1.29, 1.82) is 0 Å². The van der Waals surface area contributed by atoms with Crippen molar-refractivity contribution in [1.82, 2.24) is 0 Å². The van der Waals surface area contributed by atoms with Crippen molar-refractivity contribution >= 4 is 41.0 Å². The number of nitrogens with zero attached hydrogens (tertiary/aromatic N) is 2. The van der Waals surface area contributed by atoms with Gasteiger partial charge in [0, 0.05) is 24.3 Å². The highest BCUT2D eigenvalue weighted by atomic mass is 16.4. The van der Waals surface area contributed by atoms with Crippen LogP contribution in [-0.2, 0) is 19.2 Å². The van der Waals surface area contributed by atoms with Crippen LogP contribution in [0.1, 0.15) is 10.4 Å². The number of carbonyl (C=O) groups is 5. The smallest absolute Gasteiger partial charge is 0.337 e. The number of imide groups is 2. The molecule has 0 unspecified atom stereocenters. The number of hydrogen-bond acceptors (Lipinski definition) is 5. The second-order valence-corrected chi connectivity index (χ2v) is 4.70. The maximum atomic E-state index is 11.8. The van der Waals surface area contributed by atoms with Crippen molar-refractivity contribution < 1.29 is 29.1 Å². The molecule has 4 amide bonds. The molecule has 2 aliphatic heterocycles. The molecule has 8 nitrogen and oxygen atoms in total. The molecule has 1 aromatic rings. The van der Waals surface area contributed by atoms with Crippen LogP contribution in [0.15, 0.2) is 42.5 Å². The van der Waals surface area contributed by atoms with Gasteiger partial charge in [-0.15, -0.1) is 0 Å². The van der Waals surface area contributed by atoms with Gasteiger partial charge in [-0.25, -0.2) is 14.6 Å². The van der Waals surface area contributed by atoms with E-state index in [-0.39, 0.29) is 16.9 Å². The molecule has 114 valence electrons. The number of anilines is 2. The van der Waals surface area contributed by atoms with Gasteiger partial charge in [0.1, 0.15) is 0 Å². The Kier molecular flexibility index (Phi) is 3.14. The summed E-state index contributed by atoms with van der Waals surface area (Å²) in [5.74, 6) is -3.95. The molecule has 0 fully saturated rings. The van der Waals surface area contributed by atoms with Crippen LogP contribution >= 0.6 is 0 Å². The second-order valence-electron chi connectivity index (χ2n) is 4.70. The molecule has 23 heavy (non-hydrogen) atoms. The topological polar surface area (TPSA) is 112 Å². The summed E-state index contributed by atoms with van der Waals surface area (Å²) in [7, 11) is 0. The molecule has 3 rings (SSSR count). The molecule has 0 atom stereocenters. The van der Waals surface area contributed by atoms with Crippen molar-refractivity contribution in [2.45, 2.75) is 0 Å². The van der Waals surface area contributed by atoms with Crippen molar-refractivity contribution in [3.8, 4) is 0 Å². The monoisotopic (exact) mass is 312 g/mol. The summed E-state index contributed by atoms with van der Waals surface area (Å²) in [5.41, 5.74) is -0.439. The van der Waals surface area contributed by atoms with Crippen molar-refractivity contribution in [3.05, 3.63) is 48.1 Å². The van der Waals surface area contributed by atoms with Gasteiger partial charge in [-0.2, -0.15) is 0 Å². The molecule has 0 radical (unpaired) electrons. The lowest BCUT2D eigenvalue weighted by Gasteiger charge is -2.20. The van der Waals surface area contributed by atoms with Crippen molar-refractivity contribution in [3.63, 3.8) is 0 Å². The Labute approximate surface area is 128 Å². The second kappa shape index (κ2) is 5.02. The zero-order chi connectivity index (χ0) is 16.7. The Bertz CT molecular complexity index is 816. The number of carbonyl (C=O) groups excluding carboxylic acids is 4. The van der Waals surface area contributed by atoms with Crippen LogP contribution in [0, 0.1) is 0 Å². The Hall–Kier alpha value is -3.55. The first-order chi connectivity index (χ1) is 10.9. The molecule has 0 aromatic heterocycles. The Morgan fingerprint density at radius 3 is 1.74 bits per heavy atom. The molecule has 0 saturated heterocycles.